The van der Waals surface area contributed by atoms with Crippen molar-refractivity contribution in [1.82, 2.24) is 0 Å². The molecule has 0 aliphatic heterocycles. The van der Waals surface area contributed by atoms with Crippen LogP contribution in [-0.4, -0.2) is 29.7 Å². The van der Waals surface area contributed by atoms with Crippen LogP contribution in [0.5, 0.6) is 0 Å². The third kappa shape index (κ3) is 2.92. The van der Waals surface area contributed by atoms with Gasteiger partial charge in [-0.05, 0) is 27.6 Å². The van der Waals surface area contributed by atoms with Crippen molar-refractivity contribution < 1.29 is 44.3 Å². The Bertz CT molecular complexity index is 1050. The van der Waals surface area contributed by atoms with Gasteiger partial charge in [0.1, 0.15) is 0 Å². The molecule has 0 heterocycles. The number of benzene rings is 3. The Morgan fingerprint density at radius 3 is 1.45 bits per heavy atom. The Kier molecular flexibility index (Phi) is 4.59. The molecule has 0 aliphatic rings. The van der Waals surface area contributed by atoms with Gasteiger partial charge in [0.2, 0.25) is 5.78 Å². The predicted octanol–water partition coefficient (Wildman–Crippen LogP) is 6.64. The van der Waals surface area contributed by atoms with E-state index in [1.54, 1.807) is 0 Å². The number of rotatable bonds is 4. The number of hydrogen-bond acceptors (Lipinski definition) is 1. The van der Waals surface area contributed by atoms with Crippen LogP contribution in [0.4, 0.5) is 39.5 Å². The fraction of sp³-hybridized carbons (Fsp3) is 0.211. The third-order valence-corrected chi connectivity index (χ3v) is 4.43. The van der Waals surface area contributed by atoms with E-state index in [0.29, 0.717) is 0 Å². The highest BCUT2D eigenvalue weighted by atomic mass is 19.4. The number of hydrogen-bond donors (Lipinski definition) is 0. The lowest BCUT2D eigenvalue weighted by Crippen LogP contribution is -2.63. The lowest BCUT2D eigenvalue weighted by molar-refractivity contribution is -0.386. The third-order valence-electron chi connectivity index (χ3n) is 4.43. The average molecular weight is 424 g/mol. The molecule has 0 spiro atoms. The van der Waals surface area contributed by atoms with E-state index in [4.69, 9.17) is 0 Å². The molecule has 154 valence electrons. The summed E-state index contributed by atoms with van der Waals surface area (Å²) in [5, 5.41) is -0.309. The molecule has 3 aromatic carbocycles. The number of ketones is 1. The molecule has 0 unspecified atom stereocenters. The van der Waals surface area contributed by atoms with Crippen LogP contribution in [0.2, 0.25) is 0 Å². The normalized spacial score (nSPS) is 13.8. The molecule has 0 bridgehead atoms. The highest BCUT2D eigenvalue weighted by Gasteiger charge is 2.83. The molecule has 0 amide bonds. The second-order valence-corrected chi connectivity index (χ2v) is 6.24. The summed E-state index contributed by atoms with van der Waals surface area (Å²) in [6, 6.07) is 11.8. The number of halogens is 9. The van der Waals surface area contributed by atoms with Crippen molar-refractivity contribution in [2.45, 2.75) is 23.9 Å². The lowest BCUT2D eigenvalue weighted by atomic mass is 9.89. The van der Waals surface area contributed by atoms with Crippen LogP contribution >= 0.6 is 0 Å². The van der Waals surface area contributed by atoms with E-state index in [1.807, 2.05) is 0 Å². The Morgan fingerprint density at radius 1 is 0.621 bits per heavy atom. The molecular weight excluding hydrogens is 415 g/mol. The number of carbonyl (C=O) groups excluding carboxylic acids is 1. The van der Waals surface area contributed by atoms with E-state index in [-0.39, 0.29) is 21.5 Å². The molecule has 0 fully saturated rings. The van der Waals surface area contributed by atoms with Gasteiger partial charge in [-0.15, -0.1) is 0 Å². The molecular formula is C19H9F9O. The summed E-state index contributed by atoms with van der Waals surface area (Å²) in [7, 11) is 0. The molecule has 3 rings (SSSR count). The van der Waals surface area contributed by atoms with Gasteiger partial charge in [0.25, 0.3) is 0 Å². The van der Waals surface area contributed by atoms with Gasteiger partial charge in [0, 0.05) is 5.56 Å². The number of Topliss-reactive ketones (excluding diaryl/α,β-unsaturated/α-hetero) is 1. The van der Waals surface area contributed by atoms with Gasteiger partial charge in [0.05, 0.1) is 0 Å². The van der Waals surface area contributed by atoms with Gasteiger partial charge in [-0.25, -0.2) is 0 Å². The van der Waals surface area contributed by atoms with Crippen LogP contribution in [-0.2, 0) is 0 Å². The van der Waals surface area contributed by atoms with Crippen molar-refractivity contribution in [3.8, 4) is 0 Å². The first-order valence-electron chi connectivity index (χ1n) is 7.89. The second-order valence-electron chi connectivity index (χ2n) is 6.24. The largest absolute Gasteiger partial charge is 0.460 e. The second kappa shape index (κ2) is 6.36. The van der Waals surface area contributed by atoms with Crippen molar-refractivity contribution in [3.05, 3.63) is 60.2 Å². The van der Waals surface area contributed by atoms with E-state index >= 15 is 0 Å². The fourth-order valence-electron chi connectivity index (χ4n) is 2.93. The zero-order valence-corrected chi connectivity index (χ0v) is 14.0. The summed E-state index contributed by atoms with van der Waals surface area (Å²) in [4.78, 5) is 12.4. The van der Waals surface area contributed by atoms with E-state index in [9.17, 15) is 44.3 Å². The Morgan fingerprint density at radius 2 is 1.03 bits per heavy atom. The minimum atomic E-state index is -7.14. The number of carbonyl (C=O) groups is 1. The van der Waals surface area contributed by atoms with Crippen molar-refractivity contribution in [3.63, 3.8) is 0 Å². The Balaban J connectivity index is 2.30. The van der Waals surface area contributed by atoms with Gasteiger partial charge in [0.15, 0.2) is 0 Å². The summed E-state index contributed by atoms with van der Waals surface area (Å²) < 4.78 is 120. The van der Waals surface area contributed by atoms with Crippen molar-refractivity contribution in [2.24, 2.45) is 0 Å². The van der Waals surface area contributed by atoms with Crippen LogP contribution in [0, 0.1) is 0 Å². The molecule has 29 heavy (non-hydrogen) atoms. The molecule has 1 nitrogen and oxygen atoms in total. The van der Waals surface area contributed by atoms with Gasteiger partial charge >= 0.3 is 23.9 Å². The molecule has 0 saturated carbocycles. The first kappa shape index (κ1) is 20.9. The first-order chi connectivity index (χ1) is 13.2. The average Bonchev–Trinajstić information content (AvgIpc) is 2.64. The van der Waals surface area contributed by atoms with E-state index in [1.165, 1.54) is 42.5 Å². The molecule has 0 N–H and O–H groups in total. The monoisotopic (exact) mass is 424 g/mol. The summed E-state index contributed by atoms with van der Waals surface area (Å²) >= 11 is 0. The smallest absolute Gasteiger partial charge is 0.287 e. The van der Waals surface area contributed by atoms with Crippen LogP contribution in [0.25, 0.3) is 21.5 Å². The zero-order chi connectivity index (χ0) is 21.8. The summed E-state index contributed by atoms with van der Waals surface area (Å²) in [6.45, 7) is 0. The van der Waals surface area contributed by atoms with Crippen molar-refractivity contribution in [1.29, 1.82) is 0 Å². The fourth-order valence-corrected chi connectivity index (χ4v) is 2.93. The first-order valence-corrected chi connectivity index (χ1v) is 7.89. The minimum Gasteiger partial charge on any atom is -0.287 e. The molecule has 0 aromatic heterocycles. The van der Waals surface area contributed by atoms with Crippen molar-refractivity contribution in [2.75, 3.05) is 0 Å². The van der Waals surface area contributed by atoms with Gasteiger partial charge in [-0.2, -0.15) is 39.5 Å². The number of alkyl halides is 9. The van der Waals surface area contributed by atoms with Crippen LogP contribution in [0.1, 0.15) is 10.4 Å². The van der Waals surface area contributed by atoms with Crippen LogP contribution in [0.15, 0.2) is 54.6 Å². The zero-order valence-electron chi connectivity index (χ0n) is 14.0. The molecule has 0 radical (unpaired) electrons. The maximum Gasteiger partial charge on any atom is 0.460 e. The molecule has 10 heteroatoms. The molecule has 0 atom stereocenters. The quantitative estimate of drug-likeness (QED) is 0.261. The van der Waals surface area contributed by atoms with E-state index < -0.39 is 35.3 Å². The maximum atomic E-state index is 14.3. The van der Waals surface area contributed by atoms with E-state index in [0.717, 1.165) is 12.1 Å². The molecule has 0 aliphatic carbocycles. The topological polar surface area (TPSA) is 17.1 Å². The summed E-state index contributed by atoms with van der Waals surface area (Å²) in [6.07, 6.45) is -7.00. The van der Waals surface area contributed by atoms with Crippen LogP contribution < -0.4 is 0 Å². The SMILES string of the molecule is O=C(c1c2ccccc2cc2ccccc12)C(F)(F)C(F)(F)C(F)(F)C(F)(F)F. The van der Waals surface area contributed by atoms with Gasteiger partial charge in [-0.1, -0.05) is 48.5 Å². The summed E-state index contributed by atoms with van der Waals surface area (Å²) in [5.41, 5.74) is -1.07. The number of fused-ring (bicyclic) bond motifs is 2. The summed E-state index contributed by atoms with van der Waals surface area (Å²) in [5.74, 6) is -23.3. The Labute approximate surface area is 156 Å². The Hall–Kier alpha value is -2.78. The maximum absolute atomic E-state index is 14.3. The van der Waals surface area contributed by atoms with E-state index in [2.05, 4.69) is 0 Å². The lowest BCUT2D eigenvalue weighted by Gasteiger charge is -2.33. The predicted molar refractivity (Wildman–Crippen MR) is 86.7 cm³/mol. The van der Waals surface area contributed by atoms with Crippen molar-refractivity contribution >= 4 is 27.3 Å². The highest BCUT2D eigenvalue weighted by molar-refractivity contribution is 6.21. The van der Waals surface area contributed by atoms with Crippen LogP contribution in [0.3, 0.4) is 0 Å². The highest BCUT2D eigenvalue weighted by Crippen LogP contribution is 2.54. The van der Waals surface area contributed by atoms with Gasteiger partial charge in [-0.3, -0.25) is 4.79 Å². The standard InChI is InChI=1S/C19H9F9O/c20-16(21,17(22,23)18(24,25)19(26,27)28)15(29)14-12-7-3-1-5-10(12)9-11-6-2-4-8-13(11)14/h1-9H. The molecule has 0 saturated heterocycles. The molecule has 3 aromatic rings. The van der Waals surface area contributed by atoms with Gasteiger partial charge < -0.3 is 0 Å². The minimum absolute atomic E-state index is 0.135.